The van der Waals surface area contributed by atoms with E-state index in [1.807, 2.05) is 2.92 Å². The van der Waals surface area contributed by atoms with E-state index in [1.54, 1.807) is 13.3 Å². The fourth-order valence-corrected chi connectivity index (χ4v) is 24.6. The molecule has 0 unspecified atom stereocenters. The number of hydrogen-bond acceptors (Lipinski definition) is 1. The van der Waals surface area contributed by atoms with Crippen molar-refractivity contribution in [3.63, 3.8) is 0 Å². The van der Waals surface area contributed by atoms with Crippen molar-refractivity contribution in [3.8, 4) is 0 Å². The molecule has 0 amide bonds. The standard InChI is InChI=1S/C11H13S.3C4H9.Sn/c1-10(2)8-9-12-11-6-4-3-5-7-11;3*1-3-4-2;/h3-8,10H,1-2H3;3*1,3-4H2,2H3;. The molecule has 1 aromatic rings. The Morgan fingerprint density at radius 2 is 1.36 bits per heavy atom. The van der Waals surface area contributed by atoms with Crippen molar-refractivity contribution < 1.29 is 0 Å². The number of thioether (sulfide) groups is 1. The first-order valence-corrected chi connectivity index (χ1v) is 18.8. The molecule has 0 nitrogen and oxygen atoms in total. The van der Waals surface area contributed by atoms with Crippen LogP contribution in [0.2, 0.25) is 13.3 Å². The van der Waals surface area contributed by atoms with Crippen LogP contribution in [0.15, 0.2) is 44.2 Å². The van der Waals surface area contributed by atoms with E-state index in [-0.39, 0.29) is 0 Å². The fraction of sp³-hybridized carbons (Fsp3) is 0.652. The molecule has 0 aliphatic carbocycles. The van der Waals surface area contributed by atoms with Crippen LogP contribution in [0, 0.1) is 5.92 Å². The summed E-state index contributed by atoms with van der Waals surface area (Å²) in [4.78, 5) is 1.44. The van der Waals surface area contributed by atoms with Crippen molar-refractivity contribution in [2.45, 2.75) is 91.3 Å². The average molecular weight is 467 g/mol. The molecule has 0 bridgehead atoms. The van der Waals surface area contributed by atoms with Crippen LogP contribution in [0.1, 0.15) is 73.1 Å². The second kappa shape index (κ2) is 13.3. The molecule has 1 rings (SSSR count). The number of benzene rings is 1. The van der Waals surface area contributed by atoms with Crippen LogP contribution in [-0.2, 0) is 0 Å². The third-order valence-electron chi connectivity index (χ3n) is 5.01. The van der Waals surface area contributed by atoms with E-state index in [2.05, 4.69) is 82.8 Å². The normalized spacial score (nSPS) is 12.8. The molecule has 0 saturated carbocycles. The molecule has 1 aromatic carbocycles. The molecule has 25 heavy (non-hydrogen) atoms. The van der Waals surface area contributed by atoms with Crippen molar-refractivity contribution in [1.29, 1.82) is 0 Å². The van der Waals surface area contributed by atoms with Crippen LogP contribution >= 0.6 is 11.8 Å². The van der Waals surface area contributed by atoms with Gasteiger partial charge < -0.3 is 0 Å². The number of hydrogen-bond donors (Lipinski definition) is 0. The predicted molar refractivity (Wildman–Crippen MR) is 120 cm³/mol. The summed E-state index contributed by atoms with van der Waals surface area (Å²) < 4.78 is 6.53. The molecule has 0 N–H and O–H groups in total. The summed E-state index contributed by atoms with van der Waals surface area (Å²) in [5, 5.41) is 0. The molecule has 0 saturated heterocycles. The summed E-state index contributed by atoms with van der Waals surface area (Å²) in [7, 11) is 0. The van der Waals surface area contributed by atoms with Gasteiger partial charge in [-0.3, -0.25) is 0 Å². The van der Waals surface area contributed by atoms with Gasteiger partial charge in [-0.05, 0) is 0 Å². The molecular weight excluding hydrogens is 427 g/mol. The maximum absolute atomic E-state index is 2.66. The Hall–Kier alpha value is 0.109. The third-order valence-corrected chi connectivity index (χ3v) is 24.3. The van der Waals surface area contributed by atoms with Crippen molar-refractivity contribution in [2.75, 3.05) is 0 Å². The van der Waals surface area contributed by atoms with E-state index in [0.29, 0.717) is 5.92 Å². The summed E-state index contributed by atoms with van der Waals surface area (Å²) in [6, 6.07) is 11.1. The molecule has 0 heterocycles. The van der Waals surface area contributed by atoms with Gasteiger partial charge in [0.15, 0.2) is 0 Å². The van der Waals surface area contributed by atoms with Gasteiger partial charge in [-0.1, -0.05) is 0 Å². The van der Waals surface area contributed by atoms with E-state index >= 15 is 0 Å². The van der Waals surface area contributed by atoms with Gasteiger partial charge >= 0.3 is 167 Å². The second-order valence-corrected chi connectivity index (χ2v) is 23.1. The Morgan fingerprint density at radius 1 is 0.880 bits per heavy atom. The minimum atomic E-state index is -2.33. The molecule has 0 atom stereocenters. The zero-order valence-corrected chi connectivity index (χ0v) is 21.0. The summed E-state index contributed by atoms with van der Waals surface area (Å²) in [5.41, 5.74) is 0. The van der Waals surface area contributed by atoms with Gasteiger partial charge in [0.25, 0.3) is 0 Å². The Morgan fingerprint density at radius 3 is 1.76 bits per heavy atom. The molecule has 0 aliphatic heterocycles. The van der Waals surface area contributed by atoms with Crippen molar-refractivity contribution in [3.05, 3.63) is 39.3 Å². The topological polar surface area (TPSA) is 0 Å². The molecular formula is C23H40SSn. The maximum atomic E-state index is 2.66. The van der Waals surface area contributed by atoms with Crippen LogP contribution in [0.25, 0.3) is 0 Å². The van der Waals surface area contributed by atoms with Crippen LogP contribution in [0.3, 0.4) is 0 Å². The Balaban J connectivity index is 3.22. The fourth-order valence-electron chi connectivity index (χ4n) is 3.53. The van der Waals surface area contributed by atoms with Gasteiger partial charge in [0.2, 0.25) is 0 Å². The summed E-state index contributed by atoms with van der Waals surface area (Å²) in [5.74, 6) is 0.659. The second-order valence-electron chi connectivity index (χ2n) is 7.78. The van der Waals surface area contributed by atoms with Crippen LogP contribution in [-0.4, -0.2) is 18.4 Å². The van der Waals surface area contributed by atoms with E-state index in [4.69, 9.17) is 0 Å². The Bertz CT molecular complexity index is 456. The van der Waals surface area contributed by atoms with Gasteiger partial charge in [0, 0.05) is 0 Å². The van der Waals surface area contributed by atoms with Crippen LogP contribution in [0.4, 0.5) is 0 Å². The van der Waals surface area contributed by atoms with E-state index < -0.39 is 18.4 Å². The molecule has 2 heteroatoms. The number of allylic oxidation sites excluding steroid dienone is 1. The Kier molecular flexibility index (Phi) is 12.3. The summed E-state index contributed by atoms with van der Waals surface area (Å²) in [6.07, 6.45) is 11.0. The minimum absolute atomic E-state index is 0.659. The number of unbranched alkanes of at least 4 members (excludes halogenated alkanes) is 3. The average Bonchev–Trinajstić information content (AvgIpc) is 2.61. The van der Waals surface area contributed by atoms with Gasteiger partial charge in [-0.2, -0.15) is 0 Å². The van der Waals surface area contributed by atoms with Gasteiger partial charge in [-0.25, -0.2) is 0 Å². The zero-order valence-electron chi connectivity index (χ0n) is 17.3. The monoisotopic (exact) mass is 468 g/mol. The number of rotatable bonds is 13. The Labute approximate surface area is 166 Å². The van der Waals surface area contributed by atoms with E-state index in [9.17, 15) is 0 Å². The third kappa shape index (κ3) is 8.56. The van der Waals surface area contributed by atoms with Gasteiger partial charge in [-0.15, -0.1) is 0 Å². The van der Waals surface area contributed by atoms with Gasteiger partial charge in [0.1, 0.15) is 0 Å². The molecule has 0 spiro atoms. The first-order valence-electron chi connectivity index (χ1n) is 10.5. The summed E-state index contributed by atoms with van der Waals surface area (Å²) in [6.45, 7) is 11.8. The van der Waals surface area contributed by atoms with Crippen LogP contribution < -0.4 is 0 Å². The molecule has 0 aromatic heterocycles. The predicted octanol–water partition coefficient (Wildman–Crippen LogP) is 8.71. The molecule has 0 radical (unpaired) electrons. The van der Waals surface area contributed by atoms with Crippen molar-refractivity contribution >= 4 is 30.1 Å². The quantitative estimate of drug-likeness (QED) is 0.207. The van der Waals surface area contributed by atoms with Crippen molar-refractivity contribution in [1.82, 2.24) is 0 Å². The van der Waals surface area contributed by atoms with Crippen LogP contribution in [0.5, 0.6) is 0 Å². The SMILES string of the molecule is CCC[CH2][Sn]([CH2]CCC)([CH2]CCC)/[C](=C\C(C)C)Sc1ccccc1. The first kappa shape index (κ1) is 23.1. The van der Waals surface area contributed by atoms with Crippen molar-refractivity contribution in [2.24, 2.45) is 5.92 Å². The molecule has 0 fully saturated rings. The molecule has 0 aliphatic rings. The van der Waals surface area contributed by atoms with E-state index in [1.165, 1.54) is 43.4 Å². The van der Waals surface area contributed by atoms with Gasteiger partial charge in [0.05, 0.1) is 0 Å². The van der Waals surface area contributed by atoms with E-state index in [0.717, 1.165) is 0 Å². The summed E-state index contributed by atoms with van der Waals surface area (Å²) >= 11 is -0.197. The zero-order chi connectivity index (χ0) is 18.5. The molecule has 142 valence electrons. The first-order chi connectivity index (χ1) is 12.1.